The van der Waals surface area contributed by atoms with Crippen molar-refractivity contribution in [2.24, 2.45) is 5.73 Å². The van der Waals surface area contributed by atoms with Crippen molar-refractivity contribution in [3.05, 3.63) is 40.7 Å². The van der Waals surface area contributed by atoms with Crippen LogP contribution in [-0.4, -0.2) is 9.78 Å². The molecular formula is C17H23N3. The molecule has 1 aromatic heterocycles. The summed E-state index contributed by atoms with van der Waals surface area (Å²) in [6, 6.07) is 6.79. The van der Waals surface area contributed by atoms with Crippen molar-refractivity contribution in [2.45, 2.75) is 52.6 Å². The van der Waals surface area contributed by atoms with Gasteiger partial charge in [-0.1, -0.05) is 32.0 Å². The van der Waals surface area contributed by atoms with Gasteiger partial charge >= 0.3 is 0 Å². The number of benzene rings is 1. The number of aryl methyl sites for hydroxylation is 2. The summed E-state index contributed by atoms with van der Waals surface area (Å²) < 4.78 is 2.15. The van der Waals surface area contributed by atoms with E-state index in [9.17, 15) is 0 Å². The van der Waals surface area contributed by atoms with E-state index in [-0.39, 0.29) is 0 Å². The molecule has 0 saturated heterocycles. The van der Waals surface area contributed by atoms with Gasteiger partial charge in [0.25, 0.3) is 0 Å². The normalized spacial score (nSPS) is 14.1. The molecule has 0 amide bonds. The first-order chi connectivity index (χ1) is 9.61. The minimum absolute atomic E-state index is 0.515. The van der Waals surface area contributed by atoms with E-state index in [0.29, 0.717) is 12.5 Å². The molecule has 0 spiro atoms. The van der Waals surface area contributed by atoms with E-state index in [0.717, 1.165) is 18.7 Å². The molecule has 1 aliphatic heterocycles. The summed E-state index contributed by atoms with van der Waals surface area (Å²) in [5.41, 5.74) is 13.6. The number of nitrogens with zero attached hydrogens (tertiary/aromatic N) is 2. The zero-order chi connectivity index (χ0) is 14.3. The number of aromatic nitrogens is 2. The van der Waals surface area contributed by atoms with Crippen molar-refractivity contribution in [1.82, 2.24) is 9.78 Å². The van der Waals surface area contributed by atoms with Crippen LogP contribution in [0.25, 0.3) is 11.1 Å². The predicted molar refractivity (Wildman–Crippen MR) is 82.7 cm³/mol. The molecule has 0 aliphatic carbocycles. The minimum Gasteiger partial charge on any atom is -0.325 e. The first kappa shape index (κ1) is 13.4. The third-order valence-electron chi connectivity index (χ3n) is 4.30. The fourth-order valence-corrected chi connectivity index (χ4v) is 3.11. The van der Waals surface area contributed by atoms with E-state index in [1.807, 2.05) is 0 Å². The van der Waals surface area contributed by atoms with Gasteiger partial charge in [0.15, 0.2) is 0 Å². The highest BCUT2D eigenvalue weighted by atomic mass is 15.3. The van der Waals surface area contributed by atoms with Crippen LogP contribution in [0.2, 0.25) is 0 Å². The Morgan fingerprint density at radius 1 is 1.35 bits per heavy atom. The highest BCUT2D eigenvalue weighted by molar-refractivity contribution is 5.73. The second-order valence-corrected chi connectivity index (χ2v) is 6.03. The van der Waals surface area contributed by atoms with Gasteiger partial charge in [0.05, 0.1) is 5.69 Å². The van der Waals surface area contributed by atoms with Crippen LogP contribution in [-0.2, 0) is 19.5 Å². The van der Waals surface area contributed by atoms with Crippen LogP contribution < -0.4 is 5.73 Å². The van der Waals surface area contributed by atoms with E-state index < -0.39 is 0 Å². The fraction of sp³-hybridized carbons (Fsp3) is 0.471. The Kier molecular flexibility index (Phi) is 3.38. The van der Waals surface area contributed by atoms with Gasteiger partial charge in [0.2, 0.25) is 0 Å². The summed E-state index contributed by atoms with van der Waals surface area (Å²) in [4.78, 5) is 0. The predicted octanol–water partition coefficient (Wildman–Crippen LogP) is 3.39. The van der Waals surface area contributed by atoms with Crippen LogP contribution in [0.4, 0.5) is 0 Å². The number of hydrogen-bond donors (Lipinski definition) is 1. The maximum Gasteiger partial charge on any atom is 0.0841 e. The lowest BCUT2D eigenvalue weighted by atomic mass is 9.92. The molecule has 3 nitrogen and oxygen atoms in total. The number of hydrogen-bond acceptors (Lipinski definition) is 2. The van der Waals surface area contributed by atoms with Crippen molar-refractivity contribution >= 4 is 0 Å². The third kappa shape index (κ3) is 2.06. The molecule has 0 atom stereocenters. The molecule has 3 rings (SSSR count). The standard InChI is InChI=1S/C17H23N3/c1-11(2)13-7-6-12(3)14(9-13)17-15(10-18)19-20-8-4-5-16(17)20/h6-7,9,11H,4-5,8,10,18H2,1-3H3. The Balaban J connectivity index is 2.20. The molecule has 0 fully saturated rings. The lowest BCUT2D eigenvalue weighted by Crippen LogP contribution is -2.02. The van der Waals surface area contributed by atoms with Crippen LogP contribution in [0, 0.1) is 6.92 Å². The van der Waals surface area contributed by atoms with Crippen LogP contribution in [0.3, 0.4) is 0 Å². The number of nitrogens with two attached hydrogens (primary N) is 1. The van der Waals surface area contributed by atoms with Crippen molar-refractivity contribution in [2.75, 3.05) is 0 Å². The second-order valence-electron chi connectivity index (χ2n) is 6.03. The van der Waals surface area contributed by atoms with Crippen LogP contribution >= 0.6 is 0 Å². The Bertz CT molecular complexity index is 638. The summed E-state index contributed by atoms with van der Waals surface area (Å²) in [5, 5.41) is 4.69. The monoisotopic (exact) mass is 269 g/mol. The van der Waals surface area contributed by atoms with E-state index in [4.69, 9.17) is 10.8 Å². The quantitative estimate of drug-likeness (QED) is 0.928. The Morgan fingerprint density at radius 3 is 2.85 bits per heavy atom. The van der Waals surface area contributed by atoms with Gasteiger partial charge in [-0.25, -0.2) is 0 Å². The minimum atomic E-state index is 0.515. The Morgan fingerprint density at radius 2 is 2.15 bits per heavy atom. The highest BCUT2D eigenvalue weighted by Gasteiger charge is 2.23. The Hall–Kier alpha value is -1.61. The summed E-state index contributed by atoms with van der Waals surface area (Å²) >= 11 is 0. The lowest BCUT2D eigenvalue weighted by Gasteiger charge is -2.12. The van der Waals surface area contributed by atoms with Crippen molar-refractivity contribution < 1.29 is 0 Å². The van der Waals surface area contributed by atoms with Crippen molar-refractivity contribution in [1.29, 1.82) is 0 Å². The number of rotatable bonds is 3. The van der Waals surface area contributed by atoms with Gasteiger partial charge in [-0.3, -0.25) is 4.68 Å². The van der Waals surface area contributed by atoms with Crippen molar-refractivity contribution in [3.63, 3.8) is 0 Å². The molecular weight excluding hydrogens is 246 g/mol. The van der Waals surface area contributed by atoms with Gasteiger partial charge in [0.1, 0.15) is 0 Å². The molecule has 1 aliphatic rings. The maximum absolute atomic E-state index is 5.92. The average molecular weight is 269 g/mol. The van der Waals surface area contributed by atoms with Crippen LogP contribution in [0.5, 0.6) is 0 Å². The largest absolute Gasteiger partial charge is 0.325 e. The van der Waals surface area contributed by atoms with Gasteiger partial charge < -0.3 is 5.73 Å². The first-order valence-electron chi connectivity index (χ1n) is 7.51. The molecule has 1 aromatic carbocycles. The molecule has 2 heterocycles. The van der Waals surface area contributed by atoms with Crippen LogP contribution in [0.15, 0.2) is 18.2 Å². The third-order valence-corrected chi connectivity index (χ3v) is 4.30. The highest BCUT2D eigenvalue weighted by Crippen LogP contribution is 2.35. The molecule has 2 N–H and O–H groups in total. The fourth-order valence-electron chi connectivity index (χ4n) is 3.11. The summed E-state index contributed by atoms with van der Waals surface area (Å²) in [5.74, 6) is 0.541. The molecule has 2 aromatic rings. The number of fused-ring (bicyclic) bond motifs is 1. The van der Waals surface area contributed by atoms with Crippen molar-refractivity contribution in [3.8, 4) is 11.1 Å². The van der Waals surface area contributed by atoms with E-state index in [2.05, 4.69) is 43.7 Å². The lowest BCUT2D eigenvalue weighted by molar-refractivity contribution is 0.644. The molecule has 20 heavy (non-hydrogen) atoms. The molecule has 106 valence electrons. The van der Waals surface area contributed by atoms with E-state index in [1.165, 1.54) is 34.4 Å². The summed E-state index contributed by atoms with van der Waals surface area (Å²) in [7, 11) is 0. The zero-order valence-corrected chi connectivity index (χ0v) is 12.6. The first-order valence-corrected chi connectivity index (χ1v) is 7.51. The zero-order valence-electron chi connectivity index (χ0n) is 12.6. The SMILES string of the molecule is Cc1ccc(C(C)C)cc1-c1c(CN)nn2c1CCC2. The van der Waals surface area contributed by atoms with Gasteiger partial charge in [-0.05, 0) is 42.4 Å². The summed E-state index contributed by atoms with van der Waals surface area (Å²) in [6.07, 6.45) is 2.32. The molecule has 3 heteroatoms. The second kappa shape index (κ2) is 5.06. The smallest absolute Gasteiger partial charge is 0.0841 e. The molecule has 0 radical (unpaired) electrons. The van der Waals surface area contributed by atoms with Gasteiger partial charge in [0, 0.05) is 24.3 Å². The average Bonchev–Trinajstić information content (AvgIpc) is 2.99. The van der Waals surface area contributed by atoms with Gasteiger partial charge in [-0.2, -0.15) is 5.10 Å². The van der Waals surface area contributed by atoms with E-state index >= 15 is 0 Å². The van der Waals surface area contributed by atoms with Gasteiger partial charge in [-0.15, -0.1) is 0 Å². The molecule has 0 bridgehead atoms. The van der Waals surface area contributed by atoms with Crippen LogP contribution in [0.1, 0.15) is 48.7 Å². The topological polar surface area (TPSA) is 43.8 Å². The molecule has 0 saturated carbocycles. The summed E-state index contributed by atoms with van der Waals surface area (Å²) in [6.45, 7) is 8.20. The maximum atomic E-state index is 5.92. The Labute approximate surface area is 120 Å². The molecule has 0 unspecified atom stereocenters. The van der Waals surface area contributed by atoms with E-state index in [1.54, 1.807) is 0 Å².